The van der Waals surface area contributed by atoms with Gasteiger partial charge in [-0.25, -0.2) is 0 Å². The maximum atomic E-state index is 11.5. The van der Waals surface area contributed by atoms with Crippen molar-refractivity contribution in [3.8, 4) is 34.6 Å². The SMILES string of the molecule is N#Cc1c(O)cc(=O)[nH]c1-c1ccc(Oc2ccccc2)cc1. The Morgan fingerprint density at radius 1 is 1.00 bits per heavy atom. The van der Waals surface area contributed by atoms with Gasteiger partial charge in [0.05, 0.1) is 5.69 Å². The number of rotatable bonds is 3. The van der Waals surface area contributed by atoms with Crippen molar-refractivity contribution in [3.63, 3.8) is 0 Å². The topological polar surface area (TPSA) is 86.1 Å². The fourth-order valence-electron chi connectivity index (χ4n) is 2.19. The highest BCUT2D eigenvalue weighted by molar-refractivity contribution is 5.70. The molecule has 1 aromatic heterocycles. The number of H-pyrrole nitrogens is 1. The number of hydrogen-bond acceptors (Lipinski definition) is 4. The fourth-order valence-corrected chi connectivity index (χ4v) is 2.19. The summed E-state index contributed by atoms with van der Waals surface area (Å²) in [7, 11) is 0. The minimum Gasteiger partial charge on any atom is -0.506 e. The van der Waals surface area contributed by atoms with E-state index in [2.05, 4.69) is 4.98 Å². The Balaban J connectivity index is 1.95. The first-order chi connectivity index (χ1) is 11.2. The van der Waals surface area contributed by atoms with E-state index < -0.39 is 5.56 Å². The van der Waals surface area contributed by atoms with Crippen LogP contribution < -0.4 is 10.3 Å². The third kappa shape index (κ3) is 3.06. The van der Waals surface area contributed by atoms with Crippen LogP contribution in [0.5, 0.6) is 17.2 Å². The first-order valence-corrected chi connectivity index (χ1v) is 6.87. The third-order valence-electron chi connectivity index (χ3n) is 3.26. The number of para-hydroxylation sites is 1. The molecule has 0 unspecified atom stereocenters. The summed E-state index contributed by atoms with van der Waals surface area (Å²) in [6.07, 6.45) is 0. The van der Waals surface area contributed by atoms with Crippen LogP contribution >= 0.6 is 0 Å². The summed E-state index contributed by atoms with van der Waals surface area (Å²) in [4.78, 5) is 14.1. The molecule has 2 N–H and O–H groups in total. The van der Waals surface area contributed by atoms with E-state index in [1.165, 1.54) is 0 Å². The molecule has 2 aromatic carbocycles. The average molecular weight is 304 g/mol. The molecule has 0 fully saturated rings. The van der Waals surface area contributed by atoms with Crippen LogP contribution in [0, 0.1) is 11.3 Å². The van der Waals surface area contributed by atoms with Crippen LogP contribution in [-0.2, 0) is 0 Å². The normalized spacial score (nSPS) is 10.0. The minimum absolute atomic E-state index is 0.0290. The molecular formula is C18H12N2O3. The van der Waals surface area contributed by atoms with Gasteiger partial charge in [-0.15, -0.1) is 0 Å². The van der Waals surface area contributed by atoms with Crippen LogP contribution in [0.1, 0.15) is 5.56 Å². The Hall–Kier alpha value is -3.52. The average Bonchev–Trinajstić information content (AvgIpc) is 2.56. The van der Waals surface area contributed by atoms with Gasteiger partial charge in [0.25, 0.3) is 5.56 Å². The Kier molecular flexibility index (Phi) is 3.81. The molecule has 0 atom stereocenters. The van der Waals surface area contributed by atoms with Gasteiger partial charge in [-0.1, -0.05) is 18.2 Å². The van der Waals surface area contributed by atoms with Gasteiger partial charge in [-0.3, -0.25) is 4.79 Å². The van der Waals surface area contributed by atoms with Crippen molar-refractivity contribution in [3.05, 3.63) is 76.6 Å². The molecule has 5 nitrogen and oxygen atoms in total. The summed E-state index contributed by atoms with van der Waals surface area (Å²) >= 11 is 0. The van der Waals surface area contributed by atoms with Crippen molar-refractivity contribution < 1.29 is 9.84 Å². The Morgan fingerprint density at radius 2 is 1.65 bits per heavy atom. The zero-order valence-corrected chi connectivity index (χ0v) is 12.0. The molecule has 0 bridgehead atoms. The summed E-state index contributed by atoms with van der Waals surface area (Å²) < 4.78 is 5.69. The third-order valence-corrected chi connectivity index (χ3v) is 3.26. The number of aromatic nitrogens is 1. The maximum absolute atomic E-state index is 11.5. The highest BCUT2D eigenvalue weighted by Crippen LogP contribution is 2.28. The number of ether oxygens (including phenoxy) is 1. The zero-order valence-electron chi connectivity index (χ0n) is 12.0. The first-order valence-electron chi connectivity index (χ1n) is 6.87. The molecule has 23 heavy (non-hydrogen) atoms. The van der Waals surface area contributed by atoms with E-state index in [1.807, 2.05) is 36.4 Å². The van der Waals surface area contributed by atoms with Crippen LogP contribution in [0.15, 0.2) is 65.5 Å². The monoisotopic (exact) mass is 304 g/mol. The molecule has 0 aliphatic rings. The van der Waals surface area contributed by atoms with E-state index in [9.17, 15) is 9.90 Å². The summed E-state index contributed by atoms with van der Waals surface area (Å²) in [6, 6.07) is 19.1. The zero-order chi connectivity index (χ0) is 16.2. The van der Waals surface area contributed by atoms with Crippen LogP contribution in [0.2, 0.25) is 0 Å². The van der Waals surface area contributed by atoms with E-state index in [0.717, 1.165) is 6.07 Å². The molecule has 0 aliphatic heterocycles. The van der Waals surface area contributed by atoms with E-state index in [4.69, 9.17) is 10.00 Å². The van der Waals surface area contributed by atoms with Crippen molar-refractivity contribution in [2.75, 3.05) is 0 Å². The molecular weight excluding hydrogens is 292 g/mol. The molecule has 0 aliphatic carbocycles. The number of nitrogens with zero attached hydrogens (tertiary/aromatic N) is 1. The molecule has 3 rings (SSSR count). The molecule has 112 valence electrons. The van der Waals surface area contributed by atoms with Crippen LogP contribution in [0.25, 0.3) is 11.3 Å². The number of pyridine rings is 1. The van der Waals surface area contributed by atoms with Crippen LogP contribution in [0.3, 0.4) is 0 Å². The van der Waals surface area contributed by atoms with Crippen LogP contribution in [0.4, 0.5) is 0 Å². The van der Waals surface area contributed by atoms with Gasteiger partial charge in [0.1, 0.15) is 28.9 Å². The standard InChI is InChI=1S/C18H12N2O3/c19-11-15-16(21)10-17(22)20-18(15)12-6-8-14(9-7-12)23-13-4-2-1-3-5-13/h1-10H,(H2,20,21,22). The summed E-state index contributed by atoms with van der Waals surface area (Å²) in [5.41, 5.74) is 0.446. The molecule has 0 radical (unpaired) electrons. The number of benzene rings is 2. The molecule has 5 heteroatoms. The van der Waals surface area contributed by atoms with E-state index in [1.54, 1.807) is 24.3 Å². The lowest BCUT2D eigenvalue weighted by Crippen LogP contribution is -2.06. The molecule has 0 amide bonds. The highest BCUT2D eigenvalue weighted by atomic mass is 16.5. The Bertz CT molecular complexity index is 923. The van der Waals surface area contributed by atoms with Crippen molar-refractivity contribution in [2.24, 2.45) is 0 Å². The summed E-state index contributed by atoms with van der Waals surface area (Å²) in [5, 5.41) is 18.9. The lowest BCUT2D eigenvalue weighted by atomic mass is 10.1. The Morgan fingerprint density at radius 3 is 2.30 bits per heavy atom. The molecule has 3 aromatic rings. The predicted molar refractivity (Wildman–Crippen MR) is 85.4 cm³/mol. The quantitative estimate of drug-likeness (QED) is 0.776. The molecule has 0 saturated heterocycles. The Labute approximate surface area is 132 Å². The largest absolute Gasteiger partial charge is 0.506 e. The maximum Gasteiger partial charge on any atom is 0.252 e. The number of aromatic hydroxyl groups is 1. The van der Waals surface area contributed by atoms with Gasteiger partial charge < -0.3 is 14.8 Å². The minimum atomic E-state index is -0.471. The van der Waals surface area contributed by atoms with Crippen molar-refractivity contribution in [1.82, 2.24) is 4.98 Å². The number of hydrogen-bond donors (Lipinski definition) is 2. The van der Waals surface area contributed by atoms with Crippen molar-refractivity contribution >= 4 is 0 Å². The highest BCUT2D eigenvalue weighted by Gasteiger charge is 2.11. The molecule has 1 heterocycles. The van der Waals surface area contributed by atoms with Gasteiger partial charge in [0, 0.05) is 6.07 Å². The predicted octanol–water partition coefficient (Wildman–Crippen LogP) is 3.41. The second kappa shape index (κ2) is 6.08. The van der Waals surface area contributed by atoms with Gasteiger partial charge in [0.15, 0.2) is 0 Å². The lowest BCUT2D eigenvalue weighted by molar-refractivity contribution is 0.472. The number of nitriles is 1. The van der Waals surface area contributed by atoms with Crippen molar-refractivity contribution in [1.29, 1.82) is 5.26 Å². The number of nitrogens with one attached hydrogen (secondary N) is 1. The first kappa shape index (κ1) is 14.4. The van der Waals surface area contributed by atoms with Gasteiger partial charge >= 0.3 is 0 Å². The molecule has 0 spiro atoms. The van der Waals surface area contributed by atoms with Crippen molar-refractivity contribution in [2.45, 2.75) is 0 Å². The van der Waals surface area contributed by atoms with Crippen LogP contribution in [-0.4, -0.2) is 10.1 Å². The summed E-state index contributed by atoms with van der Waals surface area (Å²) in [5.74, 6) is 1.00. The smallest absolute Gasteiger partial charge is 0.252 e. The van der Waals surface area contributed by atoms with Gasteiger partial charge in [-0.05, 0) is 42.0 Å². The molecule has 0 saturated carbocycles. The van der Waals surface area contributed by atoms with Gasteiger partial charge in [0.2, 0.25) is 0 Å². The second-order valence-corrected chi connectivity index (χ2v) is 4.82. The lowest BCUT2D eigenvalue weighted by Gasteiger charge is -2.08. The summed E-state index contributed by atoms with van der Waals surface area (Å²) in [6.45, 7) is 0. The van der Waals surface area contributed by atoms with Gasteiger partial charge in [-0.2, -0.15) is 5.26 Å². The van der Waals surface area contributed by atoms with E-state index in [0.29, 0.717) is 17.1 Å². The second-order valence-electron chi connectivity index (χ2n) is 4.82. The van der Waals surface area contributed by atoms with E-state index in [-0.39, 0.29) is 17.0 Å². The van der Waals surface area contributed by atoms with E-state index >= 15 is 0 Å². The fraction of sp³-hybridized carbons (Fsp3) is 0. The number of aromatic amines is 1.